The first-order chi connectivity index (χ1) is 10.5. The Kier molecular flexibility index (Phi) is 5.58. The van der Waals surface area contributed by atoms with E-state index in [9.17, 15) is 13.2 Å². The molecule has 0 saturated carbocycles. The molecule has 2 rings (SSSR count). The highest BCUT2D eigenvalue weighted by atomic mass is 32.2. The topological polar surface area (TPSA) is 66.5 Å². The molecule has 1 amide bonds. The lowest BCUT2D eigenvalue weighted by atomic mass is 10.1. The van der Waals surface area contributed by atoms with Gasteiger partial charge in [0.1, 0.15) is 6.04 Å². The number of benzene rings is 1. The maximum Gasteiger partial charge on any atom is 0.242 e. The maximum absolute atomic E-state index is 12.5. The third-order valence-corrected chi connectivity index (χ3v) is 6.00. The van der Waals surface area contributed by atoms with Crippen molar-refractivity contribution in [1.29, 1.82) is 0 Å². The number of hydrogen-bond donors (Lipinski definition) is 1. The number of carbonyl (C=O) groups excluding carboxylic acids is 1. The zero-order valence-corrected chi connectivity index (χ0v) is 14.0. The average Bonchev–Trinajstić information content (AvgIpc) is 2.98. The standard InChI is InChI=1S/C16H24N2O3S/c1-3-11-22(20,21)18-10-6-9-15(18)16(19)17-14-8-5-7-13(4-2)12-14/h5,7-8,12,15H,3-4,6,9-11H2,1-2H3,(H,17,19). The van der Waals surface area contributed by atoms with E-state index in [1.807, 2.05) is 31.2 Å². The first-order valence-corrected chi connectivity index (χ1v) is 9.48. The van der Waals surface area contributed by atoms with Crippen LogP contribution in [0.1, 0.15) is 38.7 Å². The predicted molar refractivity (Wildman–Crippen MR) is 88.3 cm³/mol. The molecular formula is C16H24N2O3S. The summed E-state index contributed by atoms with van der Waals surface area (Å²) < 4.78 is 25.9. The van der Waals surface area contributed by atoms with Gasteiger partial charge in [0.15, 0.2) is 0 Å². The molecule has 0 bridgehead atoms. The smallest absolute Gasteiger partial charge is 0.242 e. The largest absolute Gasteiger partial charge is 0.325 e. The number of rotatable bonds is 6. The van der Waals surface area contributed by atoms with Crippen LogP contribution >= 0.6 is 0 Å². The molecule has 1 aliphatic heterocycles. The molecule has 1 aromatic rings. The van der Waals surface area contributed by atoms with E-state index in [-0.39, 0.29) is 11.7 Å². The van der Waals surface area contributed by atoms with Crippen LogP contribution in [0.5, 0.6) is 0 Å². The Morgan fingerprint density at radius 1 is 1.36 bits per heavy atom. The third kappa shape index (κ3) is 3.87. The second-order valence-corrected chi connectivity index (χ2v) is 7.67. The number of sulfonamides is 1. The van der Waals surface area contributed by atoms with Gasteiger partial charge in [-0.25, -0.2) is 8.42 Å². The number of nitrogens with one attached hydrogen (secondary N) is 1. The van der Waals surface area contributed by atoms with Gasteiger partial charge in [0.2, 0.25) is 15.9 Å². The molecule has 122 valence electrons. The van der Waals surface area contributed by atoms with Crippen LogP contribution in [0, 0.1) is 0 Å². The van der Waals surface area contributed by atoms with E-state index >= 15 is 0 Å². The minimum atomic E-state index is -3.34. The Morgan fingerprint density at radius 3 is 2.82 bits per heavy atom. The number of anilines is 1. The lowest BCUT2D eigenvalue weighted by Gasteiger charge is -2.23. The molecule has 5 nitrogen and oxygen atoms in total. The van der Waals surface area contributed by atoms with Gasteiger partial charge in [0.25, 0.3) is 0 Å². The van der Waals surface area contributed by atoms with Gasteiger partial charge in [0.05, 0.1) is 5.75 Å². The number of aryl methyl sites for hydroxylation is 1. The van der Waals surface area contributed by atoms with E-state index in [0.29, 0.717) is 19.4 Å². The van der Waals surface area contributed by atoms with Gasteiger partial charge in [-0.2, -0.15) is 4.31 Å². The molecule has 0 aromatic heterocycles. The van der Waals surface area contributed by atoms with E-state index < -0.39 is 16.1 Å². The molecule has 0 aliphatic carbocycles. The van der Waals surface area contributed by atoms with Gasteiger partial charge >= 0.3 is 0 Å². The van der Waals surface area contributed by atoms with Gasteiger partial charge in [0, 0.05) is 12.2 Å². The predicted octanol–water partition coefficient (Wildman–Crippen LogP) is 2.39. The average molecular weight is 324 g/mol. The van der Waals surface area contributed by atoms with Crippen LogP contribution in [0.4, 0.5) is 5.69 Å². The SMILES string of the molecule is CCCS(=O)(=O)N1CCCC1C(=O)Nc1cccc(CC)c1. The van der Waals surface area contributed by atoms with E-state index in [2.05, 4.69) is 12.2 Å². The van der Waals surface area contributed by atoms with Crippen LogP contribution in [-0.2, 0) is 21.2 Å². The Labute approximate surface area is 132 Å². The van der Waals surface area contributed by atoms with Crippen LogP contribution in [0.3, 0.4) is 0 Å². The number of nitrogens with zero attached hydrogens (tertiary/aromatic N) is 1. The summed E-state index contributed by atoms with van der Waals surface area (Å²) in [6.07, 6.45) is 2.77. The van der Waals surface area contributed by atoms with E-state index in [1.54, 1.807) is 0 Å². The molecule has 1 unspecified atom stereocenters. The Bertz CT molecular complexity index is 628. The van der Waals surface area contributed by atoms with Crippen molar-refractivity contribution in [2.75, 3.05) is 17.6 Å². The van der Waals surface area contributed by atoms with Crippen LogP contribution in [0.2, 0.25) is 0 Å². The minimum absolute atomic E-state index is 0.0993. The fraction of sp³-hybridized carbons (Fsp3) is 0.562. The molecule has 1 aromatic carbocycles. The van der Waals surface area contributed by atoms with Crippen molar-refractivity contribution in [1.82, 2.24) is 4.31 Å². The zero-order chi connectivity index (χ0) is 16.2. The Morgan fingerprint density at radius 2 is 2.14 bits per heavy atom. The van der Waals surface area contributed by atoms with Crippen molar-refractivity contribution in [3.8, 4) is 0 Å². The summed E-state index contributed by atoms with van der Waals surface area (Å²) in [4.78, 5) is 12.5. The van der Waals surface area contributed by atoms with E-state index in [4.69, 9.17) is 0 Å². The van der Waals surface area contributed by atoms with Gasteiger partial charge in [-0.3, -0.25) is 4.79 Å². The van der Waals surface area contributed by atoms with E-state index in [0.717, 1.165) is 24.1 Å². The summed E-state index contributed by atoms with van der Waals surface area (Å²) >= 11 is 0. The van der Waals surface area contributed by atoms with Crippen molar-refractivity contribution in [3.05, 3.63) is 29.8 Å². The van der Waals surface area contributed by atoms with Gasteiger partial charge in [-0.15, -0.1) is 0 Å². The maximum atomic E-state index is 12.5. The molecule has 1 aliphatic rings. The summed E-state index contributed by atoms with van der Waals surface area (Å²) in [5.74, 6) is -0.132. The van der Waals surface area contributed by atoms with Gasteiger partial charge < -0.3 is 5.32 Å². The first-order valence-electron chi connectivity index (χ1n) is 7.87. The van der Waals surface area contributed by atoms with E-state index in [1.165, 1.54) is 4.31 Å². The third-order valence-electron chi connectivity index (χ3n) is 3.93. The molecule has 0 spiro atoms. The first kappa shape index (κ1) is 17.0. The molecule has 1 N–H and O–H groups in total. The quantitative estimate of drug-likeness (QED) is 0.874. The second kappa shape index (κ2) is 7.24. The molecule has 0 radical (unpaired) electrons. The van der Waals surface area contributed by atoms with Gasteiger partial charge in [-0.05, 0) is 43.4 Å². The summed E-state index contributed by atoms with van der Waals surface area (Å²) in [6.45, 7) is 4.32. The highest BCUT2D eigenvalue weighted by Crippen LogP contribution is 2.23. The lowest BCUT2D eigenvalue weighted by molar-refractivity contribution is -0.119. The summed E-state index contributed by atoms with van der Waals surface area (Å²) in [5.41, 5.74) is 1.86. The number of carbonyl (C=O) groups is 1. The van der Waals surface area contributed by atoms with Crippen molar-refractivity contribution in [2.24, 2.45) is 0 Å². The highest BCUT2D eigenvalue weighted by Gasteiger charge is 2.37. The summed E-state index contributed by atoms with van der Waals surface area (Å²) in [7, 11) is -3.34. The second-order valence-electron chi connectivity index (χ2n) is 5.63. The summed E-state index contributed by atoms with van der Waals surface area (Å²) in [5, 5.41) is 2.86. The lowest BCUT2D eigenvalue weighted by Crippen LogP contribution is -2.44. The van der Waals surface area contributed by atoms with Crippen molar-refractivity contribution >= 4 is 21.6 Å². The molecule has 1 atom stereocenters. The Hall–Kier alpha value is -1.40. The minimum Gasteiger partial charge on any atom is -0.325 e. The molecule has 22 heavy (non-hydrogen) atoms. The monoisotopic (exact) mass is 324 g/mol. The van der Waals surface area contributed by atoms with Gasteiger partial charge in [-0.1, -0.05) is 26.0 Å². The van der Waals surface area contributed by atoms with Crippen LogP contribution in [0.25, 0.3) is 0 Å². The highest BCUT2D eigenvalue weighted by molar-refractivity contribution is 7.89. The molecule has 1 heterocycles. The fourth-order valence-corrected chi connectivity index (χ4v) is 4.55. The Balaban J connectivity index is 2.11. The summed E-state index contributed by atoms with van der Waals surface area (Å²) in [6, 6.07) is 7.08. The molecular weight excluding hydrogens is 300 g/mol. The number of hydrogen-bond acceptors (Lipinski definition) is 3. The van der Waals surface area contributed by atoms with Crippen molar-refractivity contribution < 1.29 is 13.2 Å². The van der Waals surface area contributed by atoms with Crippen LogP contribution < -0.4 is 5.32 Å². The fourth-order valence-electron chi connectivity index (χ4n) is 2.80. The molecule has 6 heteroatoms. The zero-order valence-electron chi connectivity index (χ0n) is 13.2. The van der Waals surface area contributed by atoms with Crippen LogP contribution in [-0.4, -0.2) is 37.0 Å². The molecule has 1 saturated heterocycles. The van der Waals surface area contributed by atoms with Crippen molar-refractivity contribution in [3.63, 3.8) is 0 Å². The van der Waals surface area contributed by atoms with Crippen LogP contribution in [0.15, 0.2) is 24.3 Å². The molecule has 1 fully saturated rings. The van der Waals surface area contributed by atoms with Crippen molar-refractivity contribution in [2.45, 2.75) is 45.6 Å². The normalized spacial score (nSPS) is 19.3. The number of amides is 1.